The van der Waals surface area contributed by atoms with E-state index in [1.165, 1.54) is 29.9 Å². The highest BCUT2D eigenvalue weighted by Gasteiger charge is 2.39. The molecule has 8 nitrogen and oxygen atoms in total. The smallest absolute Gasteiger partial charge is 0.306 e. The average Bonchev–Trinajstić information content (AvgIpc) is 3.68. The fourth-order valence-electron chi connectivity index (χ4n) is 7.05. The van der Waals surface area contributed by atoms with Crippen LogP contribution in [0.1, 0.15) is 67.3 Å². The van der Waals surface area contributed by atoms with Crippen LogP contribution in [0.5, 0.6) is 0 Å². The molecule has 2 saturated heterocycles. The SMILES string of the molecule is O=C(Nc1cc(F)c(CC(=O)N2C[C@@H](N3CCCCC3)C[C@H]2COC2CCC(C(=O)O)CC2)cc1Cl)c1csc2ccccc12. The second kappa shape index (κ2) is 14.2. The molecule has 2 N–H and O–H groups in total. The topological polar surface area (TPSA) is 99.2 Å². The molecule has 1 aliphatic carbocycles. The molecule has 2 aromatic carbocycles. The van der Waals surface area contributed by atoms with Gasteiger partial charge in [-0.15, -0.1) is 11.3 Å². The van der Waals surface area contributed by atoms with E-state index in [0.717, 1.165) is 42.4 Å². The van der Waals surface area contributed by atoms with Gasteiger partial charge in [0.15, 0.2) is 0 Å². The number of carbonyl (C=O) groups excluding carboxylic acids is 2. The number of thiophene rings is 1. The molecule has 2 atom stereocenters. The predicted octanol–water partition coefficient (Wildman–Crippen LogP) is 6.60. The first-order valence-electron chi connectivity index (χ1n) is 15.9. The zero-order valence-electron chi connectivity index (χ0n) is 25.2. The van der Waals surface area contributed by atoms with Crippen LogP contribution >= 0.6 is 22.9 Å². The van der Waals surface area contributed by atoms with Gasteiger partial charge in [-0.25, -0.2) is 4.39 Å². The molecule has 3 heterocycles. The van der Waals surface area contributed by atoms with E-state index in [2.05, 4.69) is 10.2 Å². The Morgan fingerprint density at radius 2 is 1.82 bits per heavy atom. The van der Waals surface area contributed by atoms with Gasteiger partial charge in [0, 0.05) is 28.1 Å². The van der Waals surface area contributed by atoms with Crippen molar-refractivity contribution in [3.63, 3.8) is 0 Å². The van der Waals surface area contributed by atoms with E-state index in [1.54, 1.807) is 5.38 Å². The number of nitrogens with one attached hydrogen (secondary N) is 1. The lowest BCUT2D eigenvalue weighted by Gasteiger charge is -2.32. The van der Waals surface area contributed by atoms with Crippen molar-refractivity contribution in [1.29, 1.82) is 0 Å². The van der Waals surface area contributed by atoms with Gasteiger partial charge in [-0.2, -0.15) is 0 Å². The predicted molar refractivity (Wildman–Crippen MR) is 174 cm³/mol. The van der Waals surface area contributed by atoms with E-state index < -0.39 is 11.8 Å². The van der Waals surface area contributed by atoms with Crippen LogP contribution in [0.4, 0.5) is 10.1 Å². The lowest BCUT2D eigenvalue weighted by molar-refractivity contribution is -0.144. The van der Waals surface area contributed by atoms with Crippen LogP contribution in [-0.2, 0) is 20.7 Å². The molecule has 0 bridgehead atoms. The number of carboxylic acids is 1. The quantitative estimate of drug-likeness (QED) is 0.269. The minimum atomic E-state index is -0.746. The number of rotatable bonds is 9. The van der Waals surface area contributed by atoms with Crippen molar-refractivity contribution in [3.8, 4) is 0 Å². The fourth-order valence-corrected chi connectivity index (χ4v) is 8.23. The number of likely N-dealkylation sites (tertiary alicyclic amines) is 2. The minimum Gasteiger partial charge on any atom is -0.481 e. The van der Waals surface area contributed by atoms with Crippen LogP contribution in [0.15, 0.2) is 41.8 Å². The van der Waals surface area contributed by atoms with Gasteiger partial charge in [0.1, 0.15) is 5.82 Å². The van der Waals surface area contributed by atoms with Crippen LogP contribution in [0.25, 0.3) is 10.1 Å². The summed E-state index contributed by atoms with van der Waals surface area (Å²) in [5.41, 5.74) is 0.824. The minimum absolute atomic E-state index is 0.0161. The number of fused-ring (bicyclic) bond motifs is 1. The molecule has 3 aromatic rings. The van der Waals surface area contributed by atoms with E-state index in [-0.39, 0.29) is 58.6 Å². The van der Waals surface area contributed by atoms with Crippen molar-refractivity contribution >= 4 is 56.5 Å². The molecule has 3 fully saturated rings. The van der Waals surface area contributed by atoms with Crippen molar-refractivity contribution in [1.82, 2.24) is 9.80 Å². The van der Waals surface area contributed by atoms with Crippen LogP contribution in [0.2, 0.25) is 5.02 Å². The van der Waals surface area contributed by atoms with Gasteiger partial charge in [0.05, 0.1) is 47.4 Å². The number of hydrogen-bond donors (Lipinski definition) is 2. The molecule has 0 unspecified atom stereocenters. The Balaban J connectivity index is 1.12. The maximum atomic E-state index is 15.4. The molecule has 11 heteroatoms. The number of benzene rings is 2. The number of amides is 2. The van der Waals surface area contributed by atoms with E-state index in [1.807, 2.05) is 29.2 Å². The maximum absolute atomic E-state index is 15.4. The standard InChI is InChI=1S/C34H39ClFN3O5S/c35-28-14-22(29(36)17-30(28)37-33(41)27-20-45-31-7-3-2-6-26(27)31)15-32(40)39-18-23(38-12-4-1-5-13-38)16-24(39)19-44-25-10-8-21(9-11-25)34(42)43/h2-3,6-7,14,17,20-21,23-25H,1,4-5,8-13,15-16,18-19H2,(H,37,41)(H,42,43)/t21?,23-,24-,25?/m0/s1. The largest absolute Gasteiger partial charge is 0.481 e. The van der Waals surface area contributed by atoms with Gasteiger partial charge in [-0.05, 0) is 81.8 Å². The fraction of sp³-hybridized carbons (Fsp3) is 0.500. The first-order chi connectivity index (χ1) is 21.8. The Labute approximate surface area is 271 Å². The summed E-state index contributed by atoms with van der Waals surface area (Å²) in [6, 6.07) is 10.3. The zero-order valence-corrected chi connectivity index (χ0v) is 26.8. The van der Waals surface area contributed by atoms with E-state index in [0.29, 0.717) is 44.4 Å². The summed E-state index contributed by atoms with van der Waals surface area (Å²) in [7, 11) is 0. The van der Waals surface area contributed by atoms with Gasteiger partial charge in [-0.3, -0.25) is 19.3 Å². The summed E-state index contributed by atoms with van der Waals surface area (Å²) >= 11 is 7.98. The first kappa shape index (κ1) is 31.9. The third-order valence-corrected chi connectivity index (χ3v) is 10.9. The molecule has 0 spiro atoms. The zero-order chi connectivity index (χ0) is 31.5. The molecule has 2 amide bonds. The summed E-state index contributed by atoms with van der Waals surface area (Å²) < 4.78 is 22.7. The Hall–Kier alpha value is -3.05. The Morgan fingerprint density at radius 3 is 2.58 bits per heavy atom. The number of carboxylic acid groups (broad SMARTS) is 1. The number of halogens is 2. The monoisotopic (exact) mass is 655 g/mol. The van der Waals surface area contributed by atoms with E-state index in [4.69, 9.17) is 16.3 Å². The normalized spacial score (nSPS) is 24.2. The number of anilines is 1. The Kier molecular flexibility index (Phi) is 10.0. The Morgan fingerprint density at radius 1 is 1.07 bits per heavy atom. The molecule has 45 heavy (non-hydrogen) atoms. The summed E-state index contributed by atoms with van der Waals surface area (Å²) in [6.45, 7) is 2.97. The number of nitrogens with zero attached hydrogens (tertiary/aromatic N) is 2. The van der Waals surface area contributed by atoms with Gasteiger partial charge < -0.3 is 20.1 Å². The number of carbonyl (C=O) groups is 3. The molecule has 2 aliphatic heterocycles. The van der Waals surface area contributed by atoms with Crippen LogP contribution in [0, 0.1) is 11.7 Å². The van der Waals surface area contributed by atoms with Crippen molar-refractivity contribution < 1.29 is 28.6 Å². The van der Waals surface area contributed by atoms with Gasteiger partial charge in [0.2, 0.25) is 5.91 Å². The molecule has 6 rings (SSSR count). The Bertz CT molecular complexity index is 1550. The molecular weight excluding hydrogens is 617 g/mol. The molecule has 1 aromatic heterocycles. The molecular formula is C34H39ClFN3O5S. The number of ether oxygens (including phenoxy) is 1. The molecule has 240 valence electrons. The highest BCUT2D eigenvalue weighted by Crippen LogP contribution is 2.32. The lowest BCUT2D eigenvalue weighted by atomic mass is 9.87. The summed E-state index contributed by atoms with van der Waals surface area (Å²) in [4.78, 5) is 42.4. The molecule has 1 saturated carbocycles. The van der Waals surface area contributed by atoms with Gasteiger partial charge >= 0.3 is 5.97 Å². The third-order valence-electron chi connectivity index (χ3n) is 9.62. The van der Waals surface area contributed by atoms with Crippen molar-refractivity contribution in [2.75, 3.05) is 31.6 Å². The molecule has 3 aliphatic rings. The van der Waals surface area contributed by atoms with Crippen LogP contribution in [0.3, 0.4) is 0 Å². The van der Waals surface area contributed by atoms with Gasteiger partial charge in [0.25, 0.3) is 5.91 Å². The summed E-state index contributed by atoms with van der Waals surface area (Å²) in [5, 5.41) is 14.8. The van der Waals surface area contributed by atoms with Crippen molar-refractivity contribution in [2.24, 2.45) is 5.92 Å². The second-order valence-corrected chi connectivity index (χ2v) is 13.8. The van der Waals surface area contributed by atoms with Crippen molar-refractivity contribution in [3.05, 3.63) is 63.7 Å². The summed E-state index contributed by atoms with van der Waals surface area (Å²) in [6.07, 6.45) is 6.74. The van der Waals surface area contributed by atoms with E-state index in [9.17, 15) is 19.5 Å². The lowest BCUT2D eigenvalue weighted by Crippen LogP contribution is -2.43. The highest BCUT2D eigenvalue weighted by atomic mass is 35.5. The number of hydrogen-bond acceptors (Lipinski definition) is 6. The highest BCUT2D eigenvalue weighted by molar-refractivity contribution is 7.17. The van der Waals surface area contributed by atoms with E-state index >= 15 is 4.39 Å². The van der Waals surface area contributed by atoms with Crippen LogP contribution in [-0.4, -0.2) is 77.1 Å². The van der Waals surface area contributed by atoms with Crippen LogP contribution < -0.4 is 5.32 Å². The maximum Gasteiger partial charge on any atom is 0.306 e. The summed E-state index contributed by atoms with van der Waals surface area (Å²) in [5.74, 6) is -2.22. The second-order valence-electron chi connectivity index (χ2n) is 12.5. The average molecular weight is 656 g/mol. The van der Waals surface area contributed by atoms with Crippen molar-refractivity contribution in [2.45, 2.75) is 76.0 Å². The third kappa shape index (κ3) is 7.35. The number of piperidine rings is 1. The first-order valence-corrected chi connectivity index (χ1v) is 17.2. The molecule has 0 radical (unpaired) electrons. The van der Waals surface area contributed by atoms with Gasteiger partial charge in [-0.1, -0.05) is 36.2 Å². The number of aliphatic carboxylic acids is 1.